The lowest BCUT2D eigenvalue weighted by Gasteiger charge is -2.37. The minimum Gasteiger partial charge on any atom is -0.384 e. The van der Waals surface area contributed by atoms with Crippen molar-refractivity contribution in [3.05, 3.63) is 87.5 Å². The summed E-state index contributed by atoms with van der Waals surface area (Å²) < 4.78 is 14.5. The van der Waals surface area contributed by atoms with E-state index in [1.165, 1.54) is 34.9 Å². The molecular formula is C20H11FN4OS. The topological polar surface area (TPSA) is 93.9 Å². The highest BCUT2D eigenvalue weighted by Crippen LogP contribution is 2.49. The van der Waals surface area contributed by atoms with Gasteiger partial charge in [-0.15, -0.1) is 0 Å². The lowest BCUT2D eigenvalue weighted by Crippen LogP contribution is -2.40. The quantitative estimate of drug-likeness (QED) is 0.823. The van der Waals surface area contributed by atoms with E-state index in [9.17, 15) is 19.7 Å². The highest BCUT2D eigenvalue weighted by Gasteiger charge is 2.42. The van der Waals surface area contributed by atoms with Gasteiger partial charge in [0, 0.05) is 10.5 Å². The van der Waals surface area contributed by atoms with E-state index in [4.69, 9.17) is 5.73 Å². The van der Waals surface area contributed by atoms with Gasteiger partial charge in [-0.1, -0.05) is 42.1 Å². The molecular weight excluding hydrogens is 363 g/mol. The van der Waals surface area contributed by atoms with Crippen LogP contribution in [0.2, 0.25) is 0 Å². The number of rotatable bonds is 1. The van der Waals surface area contributed by atoms with Crippen LogP contribution in [0.4, 0.5) is 4.39 Å². The van der Waals surface area contributed by atoms with Crippen molar-refractivity contribution in [3.63, 3.8) is 0 Å². The monoisotopic (exact) mass is 374 g/mol. The fourth-order valence-corrected chi connectivity index (χ4v) is 4.45. The molecule has 0 spiro atoms. The molecule has 0 saturated heterocycles. The molecule has 0 bridgehead atoms. The molecule has 4 rings (SSSR count). The number of hydrogen-bond acceptors (Lipinski definition) is 5. The van der Waals surface area contributed by atoms with Gasteiger partial charge in [-0.2, -0.15) is 10.5 Å². The number of halogens is 1. The highest BCUT2D eigenvalue weighted by molar-refractivity contribution is 8.03. The van der Waals surface area contributed by atoms with E-state index in [1.54, 1.807) is 30.3 Å². The molecule has 2 N–H and O–H groups in total. The van der Waals surface area contributed by atoms with Crippen molar-refractivity contribution in [1.29, 1.82) is 10.5 Å². The first-order valence-corrected chi connectivity index (χ1v) is 8.80. The van der Waals surface area contributed by atoms with Crippen molar-refractivity contribution in [2.75, 3.05) is 0 Å². The fourth-order valence-electron chi connectivity index (χ4n) is 3.28. The zero-order chi connectivity index (χ0) is 19.1. The van der Waals surface area contributed by atoms with Gasteiger partial charge in [0.15, 0.2) is 0 Å². The summed E-state index contributed by atoms with van der Waals surface area (Å²) >= 11 is 1.21. The van der Waals surface area contributed by atoms with Gasteiger partial charge in [0.1, 0.15) is 16.7 Å². The molecule has 130 valence electrons. The first-order chi connectivity index (χ1) is 13.1. The Hall–Kier alpha value is -3.55. The maximum absolute atomic E-state index is 14.5. The largest absolute Gasteiger partial charge is 0.384 e. The van der Waals surface area contributed by atoms with Crippen LogP contribution in [0, 0.1) is 28.5 Å². The number of fused-ring (bicyclic) bond motifs is 2. The maximum atomic E-state index is 14.5. The predicted molar refractivity (Wildman–Crippen MR) is 97.1 cm³/mol. The summed E-state index contributed by atoms with van der Waals surface area (Å²) in [6.45, 7) is 0. The number of carbonyl (C=O) groups excluding carboxylic acids is 1. The van der Waals surface area contributed by atoms with Crippen LogP contribution in [0.25, 0.3) is 0 Å². The molecule has 0 aromatic heterocycles. The summed E-state index contributed by atoms with van der Waals surface area (Å²) in [4.78, 5) is 14.8. The lowest BCUT2D eigenvalue weighted by molar-refractivity contribution is 0.0841. The first-order valence-electron chi connectivity index (χ1n) is 7.98. The van der Waals surface area contributed by atoms with E-state index in [0.29, 0.717) is 15.5 Å². The first kappa shape index (κ1) is 16.9. The van der Waals surface area contributed by atoms with Crippen LogP contribution in [0.15, 0.2) is 75.4 Å². The molecule has 2 aliphatic rings. The number of benzene rings is 2. The summed E-state index contributed by atoms with van der Waals surface area (Å²) in [5.41, 5.74) is 6.89. The molecule has 0 saturated carbocycles. The Morgan fingerprint density at radius 1 is 1.04 bits per heavy atom. The summed E-state index contributed by atoms with van der Waals surface area (Å²) in [6, 6.07) is 16.9. The Kier molecular flexibility index (Phi) is 3.95. The van der Waals surface area contributed by atoms with E-state index >= 15 is 0 Å². The number of nitriles is 2. The number of thioether (sulfide) groups is 1. The van der Waals surface area contributed by atoms with Crippen LogP contribution in [0.5, 0.6) is 0 Å². The maximum Gasteiger partial charge on any atom is 0.265 e. The van der Waals surface area contributed by atoms with Gasteiger partial charge in [-0.05, 0) is 18.2 Å². The van der Waals surface area contributed by atoms with Crippen LogP contribution in [-0.2, 0) is 0 Å². The van der Waals surface area contributed by atoms with E-state index in [-0.39, 0.29) is 22.5 Å². The minimum absolute atomic E-state index is 0.0197. The number of amides is 1. The fraction of sp³-hybridized carbons (Fsp3) is 0.0500. The number of allylic oxidation sites excluding steroid dienone is 2. The highest BCUT2D eigenvalue weighted by atomic mass is 32.2. The van der Waals surface area contributed by atoms with Crippen molar-refractivity contribution in [2.24, 2.45) is 5.73 Å². The molecule has 7 heteroatoms. The third-order valence-electron chi connectivity index (χ3n) is 4.51. The Labute approximate surface area is 158 Å². The van der Waals surface area contributed by atoms with Crippen molar-refractivity contribution in [1.82, 2.24) is 4.90 Å². The lowest BCUT2D eigenvalue weighted by atomic mass is 9.83. The third kappa shape index (κ3) is 2.41. The van der Waals surface area contributed by atoms with Gasteiger partial charge < -0.3 is 5.73 Å². The summed E-state index contributed by atoms with van der Waals surface area (Å²) in [5, 5.41) is 19.8. The smallest absolute Gasteiger partial charge is 0.265 e. The van der Waals surface area contributed by atoms with E-state index in [1.807, 2.05) is 6.07 Å². The average molecular weight is 374 g/mol. The van der Waals surface area contributed by atoms with Gasteiger partial charge in [-0.3, -0.25) is 9.69 Å². The van der Waals surface area contributed by atoms with Crippen LogP contribution < -0.4 is 5.73 Å². The van der Waals surface area contributed by atoms with Gasteiger partial charge in [0.05, 0.1) is 34.8 Å². The number of carbonyl (C=O) groups is 1. The molecule has 5 nitrogen and oxygen atoms in total. The summed E-state index contributed by atoms with van der Waals surface area (Å²) in [5.74, 6) is -1.99. The Bertz CT molecular complexity index is 1140. The second kappa shape index (κ2) is 6.31. The second-order valence-electron chi connectivity index (χ2n) is 5.93. The van der Waals surface area contributed by atoms with Crippen LogP contribution >= 0.6 is 11.8 Å². The molecule has 1 unspecified atom stereocenters. The Balaban J connectivity index is 2.01. The zero-order valence-electron chi connectivity index (χ0n) is 13.8. The molecule has 2 heterocycles. The van der Waals surface area contributed by atoms with Crippen LogP contribution in [-0.4, -0.2) is 10.8 Å². The molecule has 27 heavy (non-hydrogen) atoms. The van der Waals surface area contributed by atoms with Gasteiger partial charge >= 0.3 is 0 Å². The van der Waals surface area contributed by atoms with Gasteiger partial charge in [-0.25, -0.2) is 4.39 Å². The van der Waals surface area contributed by atoms with E-state index in [2.05, 4.69) is 6.07 Å². The molecule has 1 atom stereocenters. The standard InChI is InChI=1S/C20H11FN4OS/c21-15-7-3-1-5-11(15)17-13(9-22)18(24)25-19(26)12-6-2-4-8-16(12)27-20(25)14(17)10-23/h1-8,17H,24H2. The molecule has 0 aliphatic carbocycles. The predicted octanol–water partition coefficient (Wildman–Crippen LogP) is 3.60. The summed E-state index contributed by atoms with van der Waals surface area (Å²) in [6.07, 6.45) is 0. The van der Waals surface area contributed by atoms with Crippen LogP contribution in [0.3, 0.4) is 0 Å². The van der Waals surface area contributed by atoms with Gasteiger partial charge in [0.2, 0.25) is 0 Å². The summed E-state index contributed by atoms with van der Waals surface area (Å²) in [7, 11) is 0. The Morgan fingerprint density at radius 3 is 2.41 bits per heavy atom. The molecule has 1 amide bonds. The van der Waals surface area contributed by atoms with Crippen molar-refractivity contribution >= 4 is 17.7 Å². The van der Waals surface area contributed by atoms with Gasteiger partial charge in [0.25, 0.3) is 5.91 Å². The normalized spacial score (nSPS) is 18.6. The molecule has 0 radical (unpaired) electrons. The van der Waals surface area contributed by atoms with Crippen molar-refractivity contribution in [2.45, 2.75) is 10.8 Å². The van der Waals surface area contributed by atoms with Crippen LogP contribution in [0.1, 0.15) is 21.8 Å². The van der Waals surface area contributed by atoms with E-state index < -0.39 is 17.6 Å². The number of nitrogens with two attached hydrogens (primary N) is 1. The van der Waals surface area contributed by atoms with Crippen molar-refractivity contribution in [3.8, 4) is 12.1 Å². The molecule has 2 aromatic rings. The van der Waals surface area contributed by atoms with E-state index in [0.717, 1.165) is 0 Å². The Morgan fingerprint density at radius 2 is 1.70 bits per heavy atom. The minimum atomic E-state index is -0.960. The number of hydrogen-bond donors (Lipinski definition) is 1. The second-order valence-corrected chi connectivity index (χ2v) is 6.97. The zero-order valence-corrected chi connectivity index (χ0v) is 14.6. The third-order valence-corrected chi connectivity index (χ3v) is 5.68. The number of nitrogens with zero attached hydrogens (tertiary/aromatic N) is 3. The molecule has 0 fully saturated rings. The molecule has 2 aromatic carbocycles. The van der Waals surface area contributed by atoms with Crippen molar-refractivity contribution < 1.29 is 9.18 Å². The SMILES string of the molecule is N#CC1=C(N)N2C(=O)c3ccccc3SC2=C(C#N)C1c1ccccc1F. The average Bonchev–Trinajstić information content (AvgIpc) is 2.68. The molecule has 2 aliphatic heterocycles.